The van der Waals surface area contributed by atoms with Crippen LogP contribution in [0.25, 0.3) is 5.78 Å². The van der Waals surface area contributed by atoms with Crippen LogP contribution in [0.4, 0.5) is 0 Å². The smallest absolute Gasteiger partial charge is 0.274 e. The molecule has 1 aliphatic heterocycles. The molecule has 2 aliphatic rings. The molecule has 29 heavy (non-hydrogen) atoms. The zero-order chi connectivity index (χ0) is 20.2. The van der Waals surface area contributed by atoms with Gasteiger partial charge in [0.15, 0.2) is 15.5 Å². The minimum atomic E-state index is -3.51. The molecule has 0 saturated carbocycles. The van der Waals surface area contributed by atoms with E-state index >= 15 is 0 Å². The van der Waals surface area contributed by atoms with Crippen LogP contribution in [0.1, 0.15) is 52.6 Å². The van der Waals surface area contributed by atoms with Gasteiger partial charge in [-0.3, -0.25) is 9.89 Å². The number of aryl methyl sites for hydroxylation is 1. The molecule has 0 aromatic carbocycles. The van der Waals surface area contributed by atoms with E-state index in [0.29, 0.717) is 30.3 Å². The highest BCUT2D eigenvalue weighted by Crippen LogP contribution is 2.32. The standard InChI is InChI=1S/C18H21N7O3S/c1-29(27,28)14-8-19-18-20-10-21-25(18)16(14)11-4-3-7-24(9-11)17(26)15-12-5-2-6-13(12)22-23-15/h8,10-11H,2-7,9H2,1H3,(H,22,23)/t11-/m0/s1. The molecule has 0 radical (unpaired) electrons. The Hall–Kier alpha value is -2.82. The summed E-state index contributed by atoms with van der Waals surface area (Å²) < 4.78 is 26.3. The molecule has 11 heteroatoms. The molecule has 1 fully saturated rings. The number of amides is 1. The molecule has 10 nitrogen and oxygen atoms in total. The van der Waals surface area contributed by atoms with Crippen molar-refractivity contribution in [1.82, 2.24) is 34.7 Å². The monoisotopic (exact) mass is 415 g/mol. The highest BCUT2D eigenvalue weighted by molar-refractivity contribution is 7.90. The molecule has 152 valence electrons. The SMILES string of the molecule is CS(=O)(=O)c1cnc2ncnn2c1[C@H]1CCCN(C(=O)c2n[nH]c3c2CCC3)C1. The number of carbonyl (C=O) groups is 1. The number of sulfone groups is 1. The van der Waals surface area contributed by atoms with Crippen molar-refractivity contribution in [2.45, 2.75) is 42.9 Å². The molecule has 0 unspecified atom stereocenters. The lowest BCUT2D eigenvalue weighted by atomic mass is 9.94. The Morgan fingerprint density at radius 3 is 2.93 bits per heavy atom. The minimum absolute atomic E-state index is 0.0982. The van der Waals surface area contributed by atoms with Crippen LogP contribution < -0.4 is 0 Å². The molecule has 0 bridgehead atoms. The Morgan fingerprint density at radius 1 is 1.24 bits per heavy atom. The Kier molecular flexibility index (Phi) is 4.16. The number of fused-ring (bicyclic) bond motifs is 2. The maximum Gasteiger partial charge on any atom is 0.274 e. The van der Waals surface area contributed by atoms with Gasteiger partial charge < -0.3 is 4.90 Å². The van der Waals surface area contributed by atoms with Crippen molar-refractivity contribution < 1.29 is 13.2 Å². The van der Waals surface area contributed by atoms with Crippen molar-refractivity contribution >= 4 is 21.5 Å². The number of H-pyrrole nitrogens is 1. The number of hydrogen-bond donors (Lipinski definition) is 1. The Balaban J connectivity index is 1.51. The van der Waals surface area contributed by atoms with Gasteiger partial charge in [0.05, 0.1) is 11.9 Å². The van der Waals surface area contributed by atoms with Gasteiger partial charge in [-0.15, -0.1) is 0 Å². The van der Waals surface area contributed by atoms with Crippen molar-refractivity contribution in [2.24, 2.45) is 0 Å². The number of piperidine rings is 1. The van der Waals surface area contributed by atoms with Crippen molar-refractivity contribution in [1.29, 1.82) is 0 Å². The second-order valence-electron chi connectivity index (χ2n) is 7.72. The summed E-state index contributed by atoms with van der Waals surface area (Å²) in [6, 6.07) is 0. The highest BCUT2D eigenvalue weighted by Gasteiger charge is 2.33. The first-order valence-electron chi connectivity index (χ1n) is 9.67. The average Bonchev–Trinajstić information content (AvgIpc) is 3.42. The van der Waals surface area contributed by atoms with Gasteiger partial charge in [0.1, 0.15) is 11.2 Å². The first kappa shape index (κ1) is 18.2. The summed E-state index contributed by atoms with van der Waals surface area (Å²) in [5.74, 6) is 0.0662. The predicted molar refractivity (Wildman–Crippen MR) is 102 cm³/mol. The molecule has 3 aromatic rings. The molecular formula is C18H21N7O3S. The minimum Gasteiger partial charge on any atom is -0.337 e. The molecule has 0 spiro atoms. The van der Waals surface area contributed by atoms with Crippen LogP contribution in [0.2, 0.25) is 0 Å². The van der Waals surface area contributed by atoms with Crippen LogP contribution in [0, 0.1) is 0 Å². The van der Waals surface area contributed by atoms with E-state index in [0.717, 1.165) is 49.6 Å². The quantitative estimate of drug-likeness (QED) is 0.669. The number of aromatic amines is 1. The fourth-order valence-electron chi connectivity index (χ4n) is 4.47. The average molecular weight is 415 g/mol. The Labute approximate surface area is 167 Å². The fourth-order valence-corrected chi connectivity index (χ4v) is 5.35. The predicted octanol–water partition coefficient (Wildman–Crippen LogP) is 0.759. The number of likely N-dealkylation sites (tertiary alicyclic amines) is 1. The molecule has 1 aliphatic carbocycles. The number of aromatic nitrogens is 6. The number of nitrogens with one attached hydrogen (secondary N) is 1. The maximum absolute atomic E-state index is 13.2. The summed E-state index contributed by atoms with van der Waals surface area (Å²) >= 11 is 0. The fraction of sp³-hybridized carbons (Fsp3) is 0.500. The van der Waals surface area contributed by atoms with Gasteiger partial charge in [-0.25, -0.2) is 13.4 Å². The summed E-state index contributed by atoms with van der Waals surface area (Å²) in [4.78, 5) is 23.3. The van der Waals surface area contributed by atoms with E-state index in [1.54, 1.807) is 4.90 Å². The first-order valence-corrected chi connectivity index (χ1v) is 11.6. The molecular weight excluding hydrogens is 394 g/mol. The topological polar surface area (TPSA) is 126 Å². The second kappa shape index (κ2) is 6.61. The van der Waals surface area contributed by atoms with Crippen LogP contribution in [-0.2, 0) is 22.7 Å². The van der Waals surface area contributed by atoms with Gasteiger partial charge in [-0.1, -0.05) is 0 Å². The normalized spacial score (nSPS) is 19.6. The van der Waals surface area contributed by atoms with Gasteiger partial charge in [-0.05, 0) is 32.1 Å². The molecule has 3 aromatic heterocycles. The highest BCUT2D eigenvalue weighted by atomic mass is 32.2. The van der Waals surface area contributed by atoms with E-state index in [1.807, 2.05) is 0 Å². The number of hydrogen-bond acceptors (Lipinski definition) is 7. The Morgan fingerprint density at radius 2 is 2.10 bits per heavy atom. The zero-order valence-electron chi connectivity index (χ0n) is 16.0. The molecule has 1 atom stereocenters. The van der Waals surface area contributed by atoms with Crippen molar-refractivity contribution in [3.05, 3.63) is 35.2 Å². The number of rotatable bonds is 3. The van der Waals surface area contributed by atoms with E-state index in [-0.39, 0.29) is 16.7 Å². The van der Waals surface area contributed by atoms with Crippen LogP contribution in [0.5, 0.6) is 0 Å². The van der Waals surface area contributed by atoms with E-state index in [1.165, 1.54) is 17.0 Å². The lowest BCUT2D eigenvalue weighted by Gasteiger charge is -2.33. The molecule has 1 N–H and O–H groups in total. The molecule has 1 saturated heterocycles. The van der Waals surface area contributed by atoms with Gasteiger partial charge >= 0.3 is 0 Å². The van der Waals surface area contributed by atoms with Crippen molar-refractivity contribution in [2.75, 3.05) is 19.3 Å². The molecule has 4 heterocycles. The van der Waals surface area contributed by atoms with E-state index < -0.39 is 9.84 Å². The van der Waals surface area contributed by atoms with Crippen molar-refractivity contribution in [3.8, 4) is 0 Å². The van der Waals surface area contributed by atoms with Crippen LogP contribution >= 0.6 is 0 Å². The third kappa shape index (κ3) is 3.00. The van der Waals surface area contributed by atoms with Crippen LogP contribution in [0.3, 0.4) is 0 Å². The van der Waals surface area contributed by atoms with Crippen LogP contribution in [-0.4, -0.2) is 68.3 Å². The maximum atomic E-state index is 13.2. The molecule has 1 amide bonds. The van der Waals surface area contributed by atoms with Gasteiger partial charge in [0, 0.05) is 36.5 Å². The van der Waals surface area contributed by atoms with E-state index in [4.69, 9.17) is 0 Å². The summed E-state index contributed by atoms with van der Waals surface area (Å²) in [5, 5.41) is 11.4. The lowest BCUT2D eigenvalue weighted by Crippen LogP contribution is -2.40. The summed E-state index contributed by atoms with van der Waals surface area (Å²) in [7, 11) is -3.51. The van der Waals surface area contributed by atoms with E-state index in [2.05, 4.69) is 25.3 Å². The first-order chi connectivity index (χ1) is 13.9. The molecule has 5 rings (SSSR count). The second-order valence-corrected chi connectivity index (χ2v) is 9.71. The third-order valence-corrected chi connectivity index (χ3v) is 6.92. The van der Waals surface area contributed by atoms with Crippen LogP contribution in [0.15, 0.2) is 17.4 Å². The summed E-state index contributed by atoms with van der Waals surface area (Å²) in [5.41, 5.74) is 3.12. The summed E-state index contributed by atoms with van der Waals surface area (Å²) in [6.45, 7) is 1.03. The Bertz CT molecular complexity index is 1210. The lowest BCUT2D eigenvalue weighted by molar-refractivity contribution is 0.0697. The largest absolute Gasteiger partial charge is 0.337 e. The van der Waals surface area contributed by atoms with Gasteiger partial charge in [0.2, 0.25) is 0 Å². The van der Waals surface area contributed by atoms with Gasteiger partial charge in [-0.2, -0.15) is 19.7 Å². The summed E-state index contributed by atoms with van der Waals surface area (Å²) in [6.07, 6.45) is 8.21. The number of carbonyl (C=O) groups excluding carboxylic acids is 1. The van der Waals surface area contributed by atoms with Gasteiger partial charge in [0.25, 0.3) is 11.7 Å². The van der Waals surface area contributed by atoms with E-state index in [9.17, 15) is 13.2 Å². The third-order valence-electron chi connectivity index (χ3n) is 5.81. The van der Waals surface area contributed by atoms with Crippen molar-refractivity contribution in [3.63, 3.8) is 0 Å². The number of nitrogens with zero attached hydrogens (tertiary/aromatic N) is 6. The zero-order valence-corrected chi connectivity index (χ0v) is 16.8.